The van der Waals surface area contributed by atoms with E-state index in [1.165, 1.54) is 6.20 Å². The number of aromatic carboxylic acids is 1. The molecule has 0 aromatic carbocycles. The minimum atomic E-state index is -1.01. The van der Waals surface area contributed by atoms with Crippen LogP contribution in [-0.4, -0.2) is 25.8 Å². The quantitative estimate of drug-likeness (QED) is 0.859. The second-order valence-corrected chi connectivity index (χ2v) is 3.62. The molecule has 1 N–H and O–H groups in total. The highest BCUT2D eigenvalue weighted by atomic mass is 16.4. The van der Waals surface area contributed by atoms with Crippen LogP contribution in [0.4, 0.5) is 0 Å². The molecular formula is C11H10N4O2. The molecule has 17 heavy (non-hydrogen) atoms. The van der Waals surface area contributed by atoms with Crippen molar-refractivity contribution >= 4 is 17.0 Å². The molecule has 86 valence electrons. The molecule has 2 rings (SSSR count). The molecule has 2 aromatic heterocycles. The molecule has 0 radical (unpaired) electrons. The Morgan fingerprint density at radius 1 is 1.65 bits per heavy atom. The summed E-state index contributed by atoms with van der Waals surface area (Å²) in [6, 6.07) is 3.59. The van der Waals surface area contributed by atoms with Gasteiger partial charge in [0, 0.05) is 11.6 Å². The number of nitrogens with zero attached hydrogens (tertiary/aromatic N) is 4. The van der Waals surface area contributed by atoms with Crippen LogP contribution in [0, 0.1) is 18.3 Å². The van der Waals surface area contributed by atoms with Gasteiger partial charge in [-0.2, -0.15) is 10.4 Å². The number of aromatic nitrogens is 3. The van der Waals surface area contributed by atoms with E-state index in [4.69, 9.17) is 10.4 Å². The maximum Gasteiger partial charge on any atom is 0.337 e. The maximum absolute atomic E-state index is 10.8. The lowest BCUT2D eigenvalue weighted by Crippen LogP contribution is -2.02. The van der Waals surface area contributed by atoms with Crippen molar-refractivity contribution in [2.75, 3.05) is 0 Å². The topological polar surface area (TPSA) is 91.8 Å². The second kappa shape index (κ2) is 4.22. The van der Waals surface area contributed by atoms with Crippen molar-refractivity contribution in [3.05, 3.63) is 23.5 Å². The third-order valence-corrected chi connectivity index (χ3v) is 2.45. The lowest BCUT2D eigenvalue weighted by molar-refractivity contribution is 0.0696. The molecule has 0 saturated heterocycles. The monoisotopic (exact) mass is 230 g/mol. The van der Waals surface area contributed by atoms with Gasteiger partial charge >= 0.3 is 5.97 Å². The summed E-state index contributed by atoms with van der Waals surface area (Å²) in [5.41, 5.74) is 1.47. The molecule has 0 atom stereocenters. The van der Waals surface area contributed by atoms with E-state index < -0.39 is 5.97 Å². The lowest BCUT2D eigenvalue weighted by atomic mass is 10.2. The highest BCUT2D eigenvalue weighted by Crippen LogP contribution is 2.17. The maximum atomic E-state index is 10.8. The molecule has 0 aliphatic rings. The third-order valence-electron chi connectivity index (χ3n) is 2.45. The number of nitriles is 1. The summed E-state index contributed by atoms with van der Waals surface area (Å²) in [5, 5.41) is 22.4. The molecule has 2 aromatic rings. The summed E-state index contributed by atoms with van der Waals surface area (Å²) in [6.45, 7) is 2.25. The Bertz CT molecular complexity index is 624. The van der Waals surface area contributed by atoms with E-state index in [2.05, 4.69) is 10.1 Å². The Kier molecular flexibility index (Phi) is 2.75. The number of rotatable bonds is 3. The van der Waals surface area contributed by atoms with E-state index in [0.717, 1.165) is 0 Å². The zero-order valence-electron chi connectivity index (χ0n) is 9.21. The van der Waals surface area contributed by atoms with Gasteiger partial charge < -0.3 is 5.11 Å². The highest BCUT2D eigenvalue weighted by molar-refractivity contribution is 5.92. The van der Waals surface area contributed by atoms with E-state index >= 15 is 0 Å². The zero-order chi connectivity index (χ0) is 12.4. The Hall–Kier alpha value is -2.42. The summed E-state index contributed by atoms with van der Waals surface area (Å²) < 4.78 is 1.62. The minimum Gasteiger partial charge on any atom is -0.478 e. The number of aryl methyl sites for hydroxylation is 2. The van der Waals surface area contributed by atoms with Crippen molar-refractivity contribution in [3.63, 3.8) is 0 Å². The van der Waals surface area contributed by atoms with E-state index in [1.807, 2.05) is 6.07 Å². The Labute approximate surface area is 97.1 Å². The molecule has 0 bridgehead atoms. The number of hydrogen-bond donors (Lipinski definition) is 1. The molecule has 0 fully saturated rings. The van der Waals surface area contributed by atoms with Gasteiger partial charge in [-0.15, -0.1) is 0 Å². The second-order valence-electron chi connectivity index (χ2n) is 3.62. The van der Waals surface area contributed by atoms with Crippen molar-refractivity contribution in [2.45, 2.75) is 19.9 Å². The van der Waals surface area contributed by atoms with Gasteiger partial charge in [0.05, 0.1) is 30.3 Å². The molecule has 2 heterocycles. The van der Waals surface area contributed by atoms with Crippen molar-refractivity contribution in [3.8, 4) is 6.07 Å². The molecule has 0 spiro atoms. The number of carboxylic acids is 1. The van der Waals surface area contributed by atoms with Gasteiger partial charge in [-0.1, -0.05) is 0 Å². The van der Waals surface area contributed by atoms with E-state index in [0.29, 0.717) is 29.7 Å². The molecule has 0 aliphatic heterocycles. The molecular weight excluding hydrogens is 220 g/mol. The lowest BCUT2D eigenvalue weighted by Gasteiger charge is -1.98. The predicted octanol–water partition coefficient (Wildman–Crippen LogP) is 1.35. The molecule has 0 saturated carbocycles. The summed E-state index contributed by atoms with van der Waals surface area (Å²) >= 11 is 0. The highest BCUT2D eigenvalue weighted by Gasteiger charge is 2.11. The van der Waals surface area contributed by atoms with Crippen LogP contribution in [0.2, 0.25) is 0 Å². The fourth-order valence-electron chi connectivity index (χ4n) is 1.64. The molecule has 0 aliphatic carbocycles. The Morgan fingerprint density at radius 2 is 2.41 bits per heavy atom. The molecule has 6 nitrogen and oxygen atoms in total. The van der Waals surface area contributed by atoms with Crippen LogP contribution < -0.4 is 0 Å². The van der Waals surface area contributed by atoms with Gasteiger partial charge in [-0.25, -0.2) is 14.5 Å². The summed E-state index contributed by atoms with van der Waals surface area (Å²) in [7, 11) is 0. The first kappa shape index (κ1) is 11.1. The number of carboxylic acid groups (broad SMARTS) is 1. The largest absolute Gasteiger partial charge is 0.478 e. The smallest absolute Gasteiger partial charge is 0.337 e. The van der Waals surface area contributed by atoms with Gasteiger partial charge in [-0.05, 0) is 13.0 Å². The van der Waals surface area contributed by atoms with E-state index in [-0.39, 0.29) is 5.56 Å². The van der Waals surface area contributed by atoms with Crippen molar-refractivity contribution in [1.82, 2.24) is 14.8 Å². The van der Waals surface area contributed by atoms with Crippen LogP contribution in [0.3, 0.4) is 0 Å². The average molecular weight is 230 g/mol. The summed E-state index contributed by atoms with van der Waals surface area (Å²) in [6.07, 6.45) is 1.65. The third kappa shape index (κ3) is 1.95. The van der Waals surface area contributed by atoms with Crippen LogP contribution in [0.15, 0.2) is 12.3 Å². The Morgan fingerprint density at radius 3 is 3.06 bits per heavy atom. The number of pyridine rings is 1. The van der Waals surface area contributed by atoms with Gasteiger partial charge in [0.15, 0.2) is 5.65 Å². The van der Waals surface area contributed by atoms with E-state index in [9.17, 15) is 4.79 Å². The number of fused-ring (bicyclic) bond motifs is 1. The predicted molar refractivity (Wildman–Crippen MR) is 59.5 cm³/mol. The van der Waals surface area contributed by atoms with Gasteiger partial charge in [0.2, 0.25) is 0 Å². The minimum absolute atomic E-state index is 0.139. The first-order valence-corrected chi connectivity index (χ1v) is 5.07. The average Bonchev–Trinajstić information content (AvgIpc) is 2.63. The van der Waals surface area contributed by atoms with Crippen LogP contribution in [0.25, 0.3) is 11.0 Å². The van der Waals surface area contributed by atoms with Crippen molar-refractivity contribution in [2.24, 2.45) is 0 Å². The van der Waals surface area contributed by atoms with Crippen LogP contribution in [0.5, 0.6) is 0 Å². The first-order chi connectivity index (χ1) is 8.13. The van der Waals surface area contributed by atoms with Gasteiger partial charge in [0.25, 0.3) is 0 Å². The molecule has 6 heteroatoms. The zero-order valence-corrected chi connectivity index (χ0v) is 9.21. The van der Waals surface area contributed by atoms with Crippen molar-refractivity contribution < 1.29 is 9.90 Å². The molecule has 0 amide bonds. The molecule has 0 unspecified atom stereocenters. The number of carbonyl (C=O) groups is 1. The van der Waals surface area contributed by atoms with Gasteiger partial charge in [0.1, 0.15) is 0 Å². The normalized spacial score (nSPS) is 10.4. The first-order valence-electron chi connectivity index (χ1n) is 5.07. The Balaban J connectivity index is 2.54. The summed E-state index contributed by atoms with van der Waals surface area (Å²) in [4.78, 5) is 14.9. The van der Waals surface area contributed by atoms with Crippen molar-refractivity contribution in [1.29, 1.82) is 5.26 Å². The fourth-order valence-corrected chi connectivity index (χ4v) is 1.64. The van der Waals surface area contributed by atoms with E-state index in [1.54, 1.807) is 17.7 Å². The van der Waals surface area contributed by atoms with Gasteiger partial charge in [-0.3, -0.25) is 0 Å². The SMILES string of the molecule is Cc1nn(CCC#N)c2ncc(C(=O)O)cc12. The summed E-state index contributed by atoms with van der Waals surface area (Å²) in [5.74, 6) is -1.01. The fraction of sp³-hybridized carbons (Fsp3) is 0.273. The van der Waals surface area contributed by atoms with Crippen LogP contribution in [0.1, 0.15) is 22.5 Å². The van der Waals surface area contributed by atoms with Crippen LogP contribution >= 0.6 is 0 Å². The number of hydrogen-bond acceptors (Lipinski definition) is 4. The standard InChI is InChI=1S/C11H10N4O2/c1-7-9-5-8(11(16)17)6-13-10(9)15(14-7)4-2-3-12/h5-6H,2,4H2,1H3,(H,16,17). The van der Waals surface area contributed by atoms with Crippen LogP contribution in [-0.2, 0) is 6.54 Å².